The summed E-state index contributed by atoms with van der Waals surface area (Å²) in [5, 5.41) is 0. The van der Waals surface area contributed by atoms with E-state index in [1.807, 2.05) is 0 Å². The fourth-order valence-electron chi connectivity index (χ4n) is 3.05. The first kappa shape index (κ1) is 14.6. The Morgan fingerprint density at radius 1 is 1.32 bits per heavy atom. The molecule has 0 aromatic carbocycles. The largest absolute Gasteiger partial charge is 0.391 e. The highest BCUT2D eigenvalue weighted by molar-refractivity contribution is 5.84. The van der Waals surface area contributed by atoms with Gasteiger partial charge in [-0.15, -0.1) is 0 Å². The summed E-state index contributed by atoms with van der Waals surface area (Å²) in [5.74, 6) is -1.27. The van der Waals surface area contributed by atoms with Crippen molar-refractivity contribution in [3.05, 3.63) is 0 Å². The fraction of sp³-hybridized carbons (Fsp3) is 0.923. The summed E-state index contributed by atoms with van der Waals surface area (Å²) in [6.07, 6.45) is -1.50. The van der Waals surface area contributed by atoms with Crippen molar-refractivity contribution in [3.63, 3.8) is 0 Å². The fourth-order valence-corrected chi connectivity index (χ4v) is 3.05. The summed E-state index contributed by atoms with van der Waals surface area (Å²) in [5.41, 5.74) is -0.459. The molecular formula is C13H20F3NO2. The van der Waals surface area contributed by atoms with Gasteiger partial charge < -0.3 is 9.64 Å². The van der Waals surface area contributed by atoms with E-state index in [1.165, 1.54) is 0 Å². The zero-order chi connectivity index (χ0) is 14.1. The topological polar surface area (TPSA) is 29.5 Å². The molecule has 1 saturated carbocycles. The lowest BCUT2D eigenvalue weighted by molar-refractivity contribution is -0.189. The maximum Gasteiger partial charge on any atom is 0.391 e. The van der Waals surface area contributed by atoms with Gasteiger partial charge in [0.1, 0.15) is 0 Å². The van der Waals surface area contributed by atoms with Crippen molar-refractivity contribution >= 4 is 5.91 Å². The average molecular weight is 279 g/mol. The predicted octanol–water partition coefficient (Wildman–Crippen LogP) is 2.60. The van der Waals surface area contributed by atoms with Crippen LogP contribution in [-0.2, 0) is 9.53 Å². The van der Waals surface area contributed by atoms with Gasteiger partial charge in [-0.3, -0.25) is 4.79 Å². The minimum absolute atomic E-state index is 0.0128. The lowest BCUT2D eigenvalue weighted by atomic mass is 9.68. The number of piperidine rings is 1. The Labute approximate surface area is 111 Å². The van der Waals surface area contributed by atoms with Crippen molar-refractivity contribution < 1.29 is 22.7 Å². The van der Waals surface area contributed by atoms with Gasteiger partial charge in [0.2, 0.25) is 5.91 Å². The van der Waals surface area contributed by atoms with Gasteiger partial charge in [-0.1, -0.05) is 6.42 Å². The third-order valence-corrected chi connectivity index (χ3v) is 4.43. The molecule has 1 heterocycles. The molecule has 0 aromatic heterocycles. The third-order valence-electron chi connectivity index (χ3n) is 4.43. The van der Waals surface area contributed by atoms with E-state index in [4.69, 9.17) is 4.74 Å². The van der Waals surface area contributed by atoms with Crippen LogP contribution in [0.2, 0.25) is 0 Å². The van der Waals surface area contributed by atoms with Gasteiger partial charge in [0.25, 0.3) is 0 Å². The molecule has 0 radical (unpaired) electrons. The lowest BCUT2D eigenvalue weighted by Crippen LogP contribution is -2.53. The van der Waals surface area contributed by atoms with Crippen LogP contribution in [0.1, 0.15) is 32.1 Å². The number of nitrogens with zero attached hydrogens (tertiary/aromatic N) is 1. The number of methoxy groups -OCH3 is 1. The van der Waals surface area contributed by atoms with Crippen LogP contribution >= 0.6 is 0 Å². The number of halogens is 3. The molecular weight excluding hydrogens is 259 g/mol. The summed E-state index contributed by atoms with van der Waals surface area (Å²) >= 11 is 0. The van der Waals surface area contributed by atoms with E-state index in [0.29, 0.717) is 6.61 Å². The van der Waals surface area contributed by atoms with Crippen molar-refractivity contribution in [2.24, 2.45) is 11.3 Å². The number of likely N-dealkylation sites (tertiary alicyclic amines) is 1. The smallest absolute Gasteiger partial charge is 0.384 e. The molecule has 1 aliphatic heterocycles. The molecule has 19 heavy (non-hydrogen) atoms. The Morgan fingerprint density at radius 2 is 1.89 bits per heavy atom. The van der Waals surface area contributed by atoms with Gasteiger partial charge >= 0.3 is 6.18 Å². The zero-order valence-corrected chi connectivity index (χ0v) is 11.1. The number of carbonyl (C=O) groups is 1. The zero-order valence-electron chi connectivity index (χ0n) is 11.1. The first-order valence-corrected chi connectivity index (χ1v) is 6.74. The summed E-state index contributed by atoms with van der Waals surface area (Å²) in [4.78, 5) is 14.0. The second kappa shape index (κ2) is 5.31. The standard InChI is InChI=1S/C13H20F3NO2/c1-19-9-12(5-2-6-12)11(18)17-7-3-10(4-8-17)13(14,15)16/h10H,2-9H2,1H3. The van der Waals surface area contributed by atoms with Crippen LogP contribution < -0.4 is 0 Å². The molecule has 3 nitrogen and oxygen atoms in total. The minimum atomic E-state index is -4.13. The number of amides is 1. The van der Waals surface area contributed by atoms with E-state index in [-0.39, 0.29) is 31.8 Å². The Morgan fingerprint density at radius 3 is 2.26 bits per heavy atom. The highest BCUT2D eigenvalue weighted by atomic mass is 19.4. The lowest BCUT2D eigenvalue weighted by Gasteiger charge is -2.44. The molecule has 0 N–H and O–H groups in total. The van der Waals surface area contributed by atoms with E-state index in [1.54, 1.807) is 12.0 Å². The van der Waals surface area contributed by atoms with Crippen LogP contribution in [0, 0.1) is 11.3 Å². The van der Waals surface area contributed by atoms with Crippen molar-refractivity contribution in [1.82, 2.24) is 4.90 Å². The molecule has 0 spiro atoms. The highest BCUT2D eigenvalue weighted by Crippen LogP contribution is 2.44. The maximum atomic E-state index is 12.6. The minimum Gasteiger partial charge on any atom is -0.384 e. The van der Waals surface area contributed by atoms with E-state index in [0.717, 1.165) is 19.3 Å². The van der Waals surface area contributed by atoms with Gasteiger partial charge in [-0.05, 0) is 25.7 Å². The van der Waals surface area contributed by atoms with E-state index >= 15 is 0 Å². The molecule has 0 bridgehead atoms. The third kappa shape index (κ3) is 2.88. The van der Waals surface area contributed by atoms with Gasteiger partial charge in [0.15, 0.2) is 0 Å². The van der Waals surface area contributed by atoms with Crippen LogP contribution in [0.15, 0.2) is 0 Å². The SMILES string of the molecule is COCC1(C(=O)N2CCC(C(F)(F)F)CC2)CCC1. The van der Waals surface area contributed by atoms with Crippen molar-refractivity contribution in [2.75, 3.05) is 26.8 Å². The number of hydrogen-bond acceptors (Lipinski definition) is 2. The first-order valence-electron chi connectivity index (χ1n) is 6.74. The van der Waals surface area contributed by atoms with Gasteiger partial charge in [0.05, 0.1) is 17.9 Å². The molecule has 1 saturated heterocycles. The van der Waals surface area contributed by atoms with Crippen LogP contribution in [0.3, 0.4) is 0 Å². The molecule has 6 heteroatoms. The monoisotopic (exact) mass is 279 g/mol. The van der Waals surface area contributed by atoms with Crippen LogP contribution in [0.4, 0.5) is 13.2 Å². The molecule has 110 valence electrons. The second-order valence-corrected chi connectivity index (χ2v) is 5.67. The van der Waals surface area contributed by atoms with Gasteiger partial charge in [-0.2, -0.15) is 13.2 Å². The summed E-state index contributed by atoms with van der Waals surface area (Å²) in [6, 6.07) is 0. The molecule has 1 aliphatic carbocycles. The first-order chi connectivity index (χ1) is 8.89. The van der Waals surface area contributed by atoms with E-state index in [9.17, 15) is 18.0 Å². The Hall–Kier alpha value is -0.780. The van der Waals surface area contributed by atoms with Crippen molar-refractivity contribution in [1.29, 1.82) is 0 Å². The Bertz CT molecular complexity index is 331. The Kier molecular flexibility index (Phi) is 4.08. The molecule has 1 amide bonds. The number of carbonyl (C=O) groups excluding carboxylic acids is 1. The molecule has 2 aliphatic rings. The summed E-state index contributed by atoms with van der Waals surface area (Å²) in [6.45, 7) is 0.813. The molecule has 0 unspecified atom stereocenters. The van der Waals surface area contributed by atoms with E-state index in [2.05, 4.69) is 0 Å². The summed E-state index contributed by atoms with van der Waals surface area (Å²) < 4.78 is 42.8. The normalized spacial score (nSPS) is 24.1. The highest BCUT2D eigenvalue weighted by Gasteiger charge is 2.48. The second-order valence-electron chi connectivity index (χ2n) is 5.67. The summed E-state index contributed by atoms with van der Waals surface area (Å²) in [7, 11) is 1.56. The molecule has 0 aromatic rings. The van der Waals surface area contributed by atoms with Crippen molar-refractivity contribution in [3.8, 4) is 0 Å². The molecule has 2 fully saturated rings. The van der Waals surface area contributed by atoms with Crippen LogP contribution in [-0.4, -0.2) is 43.8 Å². The number of ether oxygens (including phenoxy) is 1. The number of alkyl halides is 3. The average Bonchev–Trinajstić information content (AvgIpc) is 2.32. The van der Waals surface area contributed by atoms with Gasteiger partial charge in [0, 0.05) is 20.2 Å². The van der Waals surface area contributed by atoms with Crippen molar-refractivity contribution in [2.45, 2.75) is 38.3 Å². The van der Waals surface area contributed by atoms with Crippen LogP contribution in [0.5, 0.6) is 0 Å². The predicted molar refractivity (Wildman–Crippen MR) is 63.5 cm³/mol. The molecule has 2 rings (SSSR count). The Balaban J connectivity index is 1.92. The van der Waals surface area contributed by atoms with Crippen LogP contribution in [0.25, 0.3) is 0 Å². The number of hydrogen-bond donors (Lipinski definition) is 0. The van der Waals surface area contributed by atoms with E-state index < -0.39 is 17.5 Å². The number of rotatable bonds is 3. The van der Waals surface area contributed by atoms with Gasteiger partial charge in [-0.25, -0.2) is 0 Å². The molecule has 0 atom stereocenters. The maximum absolute atomic E-state index is 12.6. The quantitative estimate of drug-likeness (QED) is 0.794.